The average Bonchev–Trinajstić information content (AvgIpc) is 2.64. The van der Waals surface area contributed by atoms with Gasteiger partial charge in [-0.2, -0.15) is 0 Å². The number of rotatable bonds is 4. The Morgan fingerprint density at radius 1 is 1.12 bits per heavy atom. The van der Waals surface area contributed by atoms with Crippen molar-refractivity contribution in [1.82, 2.24) is 4.90 Å². The lowest BCUT2D eigenvalue weighted by atomic mass is 10.0. The molecule has 26 heavy (non-hydrogen) atoms. The molecule has 2 aromatic carbocycles. The molecule has 7 heteroatoms. The highest BCUT2D eigenvalue weighted by Crippen LogP contribution is 2.19. The van der Waals surface area contributed by atoms with Crippen LogP contribution in [0.25, 0.3) is 0 Å². The van der Waals surface area contributed by atoms with E-state index in [0.717, 1.165) is 18.4 Å². The third kappa shape index (κ3) is 4.23. The zero-order valence-electron chi connectivity index (χ0n) is 14.7. The zero-order valence-corrected chi connectivity index (χ0v) is 15.5. The summed E-state index contributed by atoms with van der Waals surface area (Å²) in [6.45, 7) is 3.12. The van der Waals surface area contributed by atoms with E-state index in [-0.39, 0.29) is 16.8 Å². The van der Waals surface area contributed by atoms with Crippen LogP contribution in [0.2, 0.25) is 0 Å². The minimum Gasteiger partial charge on any atom is -0.339 e. The number of sulfonamides is 1. The first-order valence-electron chi connectivity index (χ1n) is 8.59. The molecule has 1 saturated heterocycles. The molecule has 3 rings (SSSR count). The molecule has 3 N–H and O–H groups in total. The predicted molar refractivity (Wildman–Crippen MR) is 102 cm³/mol. The van der Waals surface area contributed by atoms with E-state index in [0.29, 0.717) is 24.3 Å². The quantitative estimate of drug-likeness (QED) is 0.860. The number of carbonyl (C=O) groups is 1. The highest BCUT2D eigenvalue weighted by Gasteiger charge is 2.23. The molecule has 0 aliphatic carbocycles. The van der Waals surface area contributed by atoms with E-state index in [4.69, 9.17) is 5.73 Å². The summed E-state index contributed by atoms with van der Waals surface area (Å²) < 4.78 is 27.8. The number of hydrogen-bond acceptors (Lipinski definition) is 4. The minimum atomic E-state index is -3.76. The molecular formula is C19H23N3O3S. The van der Waals surface area contributed by atoms with Crippen LogP contribution in [0.15, 0.2) is 53.4 Å². The molecule has 0 saturated carbocycles. The Morgan fingerprint density at radius 2 is 1.77 bits per heavy atom. The van der Waals surface area contributed by atoms with Gasteiger partial charge in [-0.05, 0) is 50.1 Å². The second kappa shape index (κ2) is 7.47. The largest absolute Gasteiger partial charge is 0.339 e. The highest BCUT2D eigenvalue weighted by atomic mass is 32.2. The third-order valence-electron chi connectivity index (χ3n) is 4.52. The number of nitrogens with two attached hydrogens (primary N) is 1. The summed E-state index contributed by atoms with van der Waals surface area (Å²) in [6.07, 6.45) is 1.53. The van der Waals surface area contributed by atoms with E-state index in [1.165, 1.54) is 12.1 Å². The van der Waals surface area contributed by atoms with Crippen LogP contribution in [-0.4, -0.2) is 38.4 Å². The van der Waals surface area contributed by atoms with Crippen LogP contribution in [-0.2, 0) is 10.0 Å². The van der Waals surface area contributed by atoms with Gasteiger partial charge >= 0.3 is 0 Å². The maximum Gasteiger partial charge on any atom is 0.261 e. The van der Waals surface area contributed by atoms with Crippen LogP contribution >= 0.6 is 0 Å². The fraction of sp³-hybridized carbons (Fsp3) is 0.316. The smallest absolute Gasteiger partial charge is 0.261 e. The summed E-state index contributed by atoms with van der Waals surface area (Å²) in [5, 5.41) is 0. The fourth-order valence-corrected chi connectivity index (χ4v) is 4.02. The standard InChI is InChI=1S/C19H23N3O3S/c1-14-5-7-17(8-6-14)21-26(24,25)18-4-2-3-15(13-18)19(23)22-11-9-16(20)10-12-22/h2-8,13,16,21H,9-12,20H2,1H3. The number of nitrogens with zero attached hydrogens (tertiary/aromatic N) is 1. The number of benzene rings is 2. The zero-order chi connectivity index (χ0) is 18.7. The van der Waals surface area contributed by atoms with Crippen molar-refractivity contribution in [2.45, 2.75) is 30.7 Å². The maximum atomic E-state index is 12.7. The van der Waals surface area contributed by atoms with E-state index in [1.807, 2.05) is 19.1 Å². The van der Waals surface area contributed by atoms with Gasteiger partial charge in [0.15, 0.2) is 0 Å². The Labute approximate surface area is 154 Å². The molecule has 0 aromatic heterocycles. The summed E-state index contributed by atoms with van der Waals surface area (Å²) in [5.41, 5.74) is 7.77. The molecule has 1 heterocycles. The normalized spacial score (nSPS) is 15.7. The lowest BCUT2D eigenvalue weighted by Crippen LogP contribution is -2.42. The molecule has 0 unspecified atom stereocenters. The van der Waals surface area contributed by atoms with Gasteiger partial charge < -0.3 is 10.6 Å². The molecule has 1 amide bonds. The Hall–Kier alpha value is -2.38. The molecule has 6 nitrogen and oxygen atoms in total. The summed E-state index contributed by atoms with van der Waals surface area (Å²) in [6, 6.07) is 13.3. The molecule has 1 aliphatic rings. The summed E-state index contributed by atoms with van der Waals surface area (Å²) in [5.74, 6) is -0.163. The second-order valence-electron chi connectivity index (χ2n) is 6.63. The van der Waals surface area contributed by atoms with Gasteiger partial charge in [0.25, 0.3) is 15.9 Å². The van der Waals surface area contributed by atoms with Crippen molar-refractivity contribution in [3.63, 3.8) is 0 Å². The molecule has 0 bridgehead atoms. The molecule has 0 atom stereocenters. The summed E-state index contributed by atoms with van der Waals surface area (Å²) >= 11 is 0. The van der Waals surface area contributed by atoms with Crippen LogP contribution < -0.4 is 10.5 Å². The number of likely N-dealkylation sites (tertiary alicyclic amines) is 1. The van der Waals surface area contributed by atoms with Crippen molar-refractivity contribution in [1.29, 1.82) is 0 Å². The molecule has 0 spiro atoms. The molecule has 1 fully saturated rings. The number of carbonyl (C=O) groups excluding carboxylic acids is 1. The van der Waals surface area contributed by atoms with E-state index < -0.39 is 10.0 Å². The van der Waals surface area contributed by atoms with Crippen LogP contribution in [0, 0.1) is 6.92 Å². The minimum absolute atomic E-state index is 0.0673. The lowest BCUT2D eigenvalue weighted by Gasteiger charge is -2.30. The topological polar surface area (TPSA) is 92.5 Å². The van der Waals surface area contributed by atoms with E-state index in [2.05, 4.69) is 4.72 Å². The Bertz CT molecular complexity index is 887. The van der Waals surface area contributed by atoms with Gasteiger partial charge in [0, 0.05) is 30.4 Å². The number of anilines is 1. The Balaban J connectivity index is 1.79. The fourth-order valence-electron chi connectivity index (χ4n) is 2.92. The number of hydrogen-bond donors (Lipinski definition) is 2. The summed E-state index contributed by atoms with van der Waals surface area (Å²) in [7, 11) is -3.76. The van der Waals surface area contributed by atoms with Crippen molar-refractivity contribution >= 4 is 21.6 Å². The third-order valence-corrected chi connectivity index (χ3v) is 5.90. The molecule has 138 valence electrons. The predicted octanol–water partition coefficient (Wildman–Crippen LogP) is 2.36. The number of aryl methyl sites for hydroxylation is 1. The maximum absolute atomic E-state index is 12.7. The molecule has 0 radical (unpaired) electrons. The van der Waals surface area contributed by atoms with Crippen LogP contribution in [0.4, 0.5) is 5.69 Å². The first-order valence-corrected chi connectivity index (χ1v) is 10.1. The van der Waals surface area contributed by atoms with Crippen molar-refractivity contribution < 1.29 is 13.2 Å². The van der Waals surface area contributed by atoms with Gasteiger partial charge in [0.1, 0.15) is 0 Å². The van der Waals surface area contributed by atoms with Crippen molar-refractivity contribution in [2.24, 2.45) is 5.73 Å². The molecule has 2 aromatic rings. The Kier molecular flexibility index (Phi) is 5.29. The van der Waals surface area contributed by atoms with Gasteiger partial charge in [-0.1, -0.05) is 23.8 Å². The van der Waals surface area contributed by atoms with Gasteiger partial charge in [-0.15, -0.1) is 0 Å². The monoisotopic (exact) mass is 373 g/mol. The van der Waals surface area contributed by atoms with Crippen molar-refractivity contribution in [2.75, 3.05) is 17.8 Å². The van der Waals surface area contributed by atoms with Gasteiger partial charge in [0.05, 0.1) is 4.90 Å². The van der Waals surface area contributed by atoms with E-state index in [9.17, 15) is 13.2 Å². The molecule has 1 aliphatic heterocycles. The van der Waals surface area contributed by atoms with Crippen LogP contribution in [0.1, 0.15) is 28.8 Å². The lowest BCUT2D eigenvalue weighted by molar-refractivity contribution is 0.0714. The Morgan fingerprint density at radius 3 is 2.42 bits per heavy atom. The number of piperidine rings is 1. The van der Waals surface area contributed by atoms with Crippen LogP contribution in [0.5, 0.6) is 0 Å². The van der Waals surface area contributed by atoms with Gasteiger partial charge in [-0.3, -0.25) is 9.52 Å². The first-order chi connectivity index (χ1) is 12.3. The second-order valence-corrected chi connectivity index (χ2v) is 8.31. The number of amides is 1. The average molecular weight is 373 g/mol. The number of nitrogens with one attached hydrogen (secondary N) is 1. The van der Waals surface area contributed by atoms with Crippen molar-refractivity contribution in [3.8, 4) is 0 Å². The van der Waals surface area contributed by atoms with E-state index in [1.54, 1.807) is 29.2 Å². The first kappa shape index (κ1) is 18.4. The van der Waals surface area contributed by atoms with Gasteiger partial charge in [-0.25, -0.2) is 8.42 Å². The highest BCUT2D eigenvalue weighted by molar-refractivity contribution is 7.92. The van der Waals surface area contributed by atoms with E-state index >= 15 is 0 Å². The molecular weight excluding hydrogens is 350 g/mol. The van der Waals surface area contributed by atoms with Crippen molar-refractivity contribution in [3.05, 3.63) is 59.7 Å². The SMILES string of the molecule is Cc1ccc(NS(=O)(=O)c2cccc(C(=O)N3CCC(N)CC3)c2)cc1. The van der Waals surface area contributed by atoms with Gasteiger partial charge in [0.2, 0.25) is 0 Å². The summed E-state index contributed by atoms with van der Waals surface area (Å²) in [4.78, 5) is 14.4. The van der Waals surface area contributed by atoms with Crippen LogP contribution in [0.3, 0.4) is 0 Å².